The van der Waals surface area contributed by atoms with Crippen LogP contribution in [0.15, 0.2) is 41.3 Å². The second kappa shape index (κ2) is 8.63. The van der Waals surface area contributed by atoms with Gasteiger partial charge in [0, 0.05) is 37.4 Å². The summed E-state index contributed by atoms with van der Waals surface area (Å²) in [7, 11) is -3.75. The highest BCUT2D eigenvalue weighted by atomic mass is 32.2. The van der Waals surface area contributed by atoms with Gasteiger partial charge in [-0.25, -0.2) is 13.4 Å². The number of nitrogens with zero attached hydrogens (tertiary/aromatic N) is 3. The van der Waals surface area contributed by atoms with Crippen molar-refractivity contribution >= 4 is 33.3 Å². The second-order valence-corrected chi connectivity index (χ2v) is 10.5. The molecule has 0 aliphatic carbocycles. The zero-order chi connectivity index (χ0) is 23.0. The van der Waals surface area contributed by atoms with Crippen LogP contribution in [0, 0.1) is 12.8 Å². The third-order valence-corrected chi connectivity index (χ3v) is 8.00. The van der Waals surface area contributed by atoms with Gasteiger partial charge in [0.1, 0.15) is 5.82 Å². The number of fused-ring (bicyclic) bond motifs is 1. The number of rotatable bonds is 4. The van der Waals surface area contributed by atoms with Crippen LogP contribution in [0.2, 0.25) is 0 Å². The van der Waals surface area contributed by atoms with E-state index in [2.05, 4.69) is 10.3 Å². The van der Waals surface area contributed by atoms with Gasteiger partial charge in [0.05, 0.1) is 10.8 Å². The van der Waals surface area contributed by atoms with Gasteiger partial charge in [0.25, 0.3) is 0 Å². The number of nitrogens with one attached hydrogen (secondary N) is 1. The lowest BCUT2D eigenvalue weighted by atomic mass is 9.99. The molecule has 1 saturated heterocycles. The van der Waals surface area contributed by atoms with Crippen molar-refractivity contribution in [2.45, 2.75) is 51.0 Å². The molecule has 1 N–H and O–H groups in total. The molecular weight excluding hydrogens is 428 g/mol. The number of pyridine rings is 1. The summed E-state index contributed by atoms with van der Waals surface area (Å²) in [6, 6.07) is 10.3. The molecule has 0 radical (unpaired) electrons. The van der Waals surface area contributed by atoms with Crippen molar-refractivity contribution in [1.82, 2.24) is 9.29 Å². The molecule has 1 aromatic carbocycles. The number of sulfonamides is 1. The number of carbonyl (C=O) groups excluding carboxylic acids is 2. The Balaban J connectivity index is 1.51. The van der Waals surface area contributed by atoms with E-state index in [0.717, 1.165) is 16.9 Å². The Bertz CT molecular complexity index is 1160. The van der Waals surface area contributed by atoms with Gasteiger partial charge in [-0.15, -0.1) is 0 Å². The molecular formula is C23H28N4O4S. The molecule has 0 spiro atoms. The number of amides is 2. The molecule has 9 heteroatoms. The number of benzene rings is 1. The molecule has 2 aliphatic rings. The highest BCUT2D eigenvalue weighted by Crippen LogP contribution is 2.35. The molecule has 2 amide bonds. The molecule has 2 aromatic rings. The lowest BCUT2D eigenvalue weighted by Gasteiger charge is -2.31. The predicted octanol–water partition coefficient (Wildman–Crippen LogP) is 2.73. The molecule has 3 heterocycles. The van der Waals surface area contributed by atoms with Crippen LogP contribution in [0.25, 0.3) is 0 Å². The summed E-state index contributed by atoms with van der Waals surface area (Å²) in [6.07, 6.45) is 1.85. The van der Waals surface area contributed by atoms with Crippen molar-refractivity contribution in [2.24, 2.45) is 5.92 Å². The van der Waals surface area contributed by atoms with Crippen LogP contribution < -0.4 is 10.2 Å². The van der Waals surface area contributed by atoms with Gasteiger partial charge < -0.3 is 10.2 Å². The summed E-state index contributed by atoms with van der Waals surface area (Å²) in [5.74, 6) is -0.246. The van der Waals surface area contributed by atoms with E-state index in [1.54, 1.807) is 29.2 Å². The van der Waals surface area contributed by atoms with Crippen molar-refractivity contribution in [3.05, 3.63) is 47.7 Å². The molecule has 8 nitrogen and oxygen atoms in total. The van der Waals surface area contributed by atoms with Crippen LogP contribution in [-0.4, -0.2) is 48.7 Å². The van der Waals surface area contributed by atoms with E-state index < -0.39 is 15.9 Å². The maximum absolute atomic E-state index is 13.4. The fourth-order valence-electron chi connectivity index (χ4n) is 4.61. The minimum absolute atomic E-state index is 0.00116. The van der Waals surface area contributed by atoms with Crippen LogP contribution in [0.3, 0.4) is 0 Å². The number of hydrogen-bond acceptors (Lipinski definition) is 5. The van der Waals surface area contributed by atoms with Gasteiger partial charge in [-0.2, -0.15) is 4.31 Å². The average molecular weight is 457 g/mol. The summed E-state index contributed by atoms with van der Waals surface area (Å²) in [5.41, 5.74) is 2.42. The molecule has 2 atom stereocenters. The molecule has 1 aromatic heterocycles. The van der Waals surface area contributed by atoms with Gasteiger partial charge in [-0.3, -0.25) is 9.59 Å². The van der Waals surface area contributed by atoms with E-state index in [9.17, 15) is 18.0 Å². The van der Waals surface area contributed by atoms with Crippen LogP contribution in [-0.2, 0) is 26.0 Å². The van der Waals surface area contributed by atoms with E-state index >= 15 is 0 Å². The van der Waals surface area contributed by atoms with Crippen LogP contribution in [0.4, 0.5) is 11.5 Å². The van der Waals surface area contributed by atoms with Gasteiger partial charge in [0.2, 0.25) is 21.8 Å². The molecule has 32 heavy (non-hydrogen) atoms. The van der Waals surface area contributed by atoms with Crippen molar-refractivity contribution in [1.29, 1.82) is 0 Å². The Hall–Kier alpha value is -2.78. The Morgan fingerprint density at radius 1 is 1.19 bits per heavy atom. The van der Waals surface area contributed by atoms with Crippen LogP contribution in [0.5, 0.6) is 0 Å². The minimum atomic E-state index is -3.75. The van der Waals surface area contributed by atoms with E-state index in [0.29, 0.717) is 31.6 Å². The van der Waals surface area contributed by atoms with Crippen molar-refractivity contribution in [3.63, 3.8) is 0 Å². The predicted molar refractivity (Wildman–Crippen MR) is 122 cm³/mol. The standard InChI is InChI=1S/C23H28N4O4S/c1-15-6-4-8-22(24-15)25-23(29)18-7-5-11-26(14-18)32(30,31)20-9-10-21-19(13-20)12-16(2)27(21)17(3)28/h4,6,8-10,13,16,18H,5,7,11-12,14H2,1-3H3,(H,24,25,29)/t16-,18+/m1/s1. The summed E-state index contributed by atoms with van der Waals surface area (Å²) >= 11 is 0. The summed E-state index contributed by atoms with van der Waals surface area (Å²) in [4.78, 5) is 30.9. The molecule has 0 bridgehead atoms. The fraction of sp³-hybridized carbons (Fsp3) is 0.435. The number of carbonyl (C=O) groups is 2. The maximum Gasteiger partial charge on any atom is 0.243 e. The Kier molecular flexibility index (Phi) is 6.05. The highest BCUT2D eigenvalue weighted by Gasteiger charge is 2.35. The molecule has 1 fully saturated rings. The quantitative estimate of drug-likeness (QED) is 0.763. The van der Waals surface area contributed by atoms with E-state index in [4.69, 9.17) is 0 Å². The zero-order valence-corrected chi connectivity index (χ0v) is 19.4. The lowest BCUT2D eigenvalue weighted by molar-refractivity contribution is -0.121. The minimum Gasteiger partial charge on any atom is -0.310 e. The van der Waals surface area contributed by atoms with Gasteiger partial charge >= 0.3 is 0 Å². The summed E-state index contributed by atoms with van der Waals surface area (Å²) < 4.78 is 28.1. The van der Waals surface area contributed by atoms with Crippen LogP contribution >= 0.6 is 0 Å². The number of piperidine rings is 1. The van der Waals surface area contributed by atoms with E-state index in [1.807, 2.05) is 26.0 Å². The van der Waals surface area contributed by atoms with Crippen molar-refractivity contribution in [3.8, 4) is 0 Å². The highest BCUT2D eigenvalue weighted by molar-refractivity contribution is 7.89. The summed E-state index contributed by atoms with van der Waals surface area (Å²) in [5, 5.41) is 2.81. The van der Waals surface area contributed by atoms with E-state index in [-0.39, 0.29) is 29.3 Å². The first-order valence-corrected chi connectivity index (χ1v) is 12.3. The Labute approximate surface area is 188 Å². The first-order valence-electron chi connectivity index (χ1n) is 10.8. The smallest absolute Gasteiger partial charge is 0.243 e. The lowest BCUT2D eigenvalue weighted by Crippen LogP contribution is -2.43. The first-order chi connectivity index (χ1) is 15.2. The molecule has 170 valence electrons. The SMILES string of the molecule is CC(=O)N1c2ccc(S(=O)(=O)N3CCC[C@H](C(=O)Nc4cccc(C)n4)C3)cc2C[C@H]1C. The monoisotopic (exact) mass is 456 g/mol. The number of aryl methyl sites for hydroxylation is 1. The molecule has 4 rings (SSSR count). The largest absolute Gasteiger partial charge is 0.310 e. The Morgan fingerprint density at radius 2 is 1.97 bits per heavy atom. The van der Waals surface area contributed by atoms with Crippen LogP contribution in [0.1, 0.15) is 37.9 Å². The fourth-order valence-corrected chi connectivity index (χ4v) is 6.19. The first kappa shape index (κ1) is 22.4. The zero-order valence-electron chi connectivity index (χ0n) is 18.5. The topological polar surface area (TPSA) is 99.7 Å². The molecule has 0 unspecified atom stereocenters. The maximum atomic E-state index is 13.4. The second-order valence-electron chi connectivity index (χ2n) is 8.59. The number of hydrogen-bond donors (Lipinski definition) is 1. The third kappa shape index (κ3) is 4.27. The van der Waals surface area contributed by atoms with Crippen molar-refractivity contribution in [2.75, 3.05) is 23.3 Å². The van der Waals surface area contributed by atoms with E-state index in [1.165, 1.54) is 11.2 Å². The molecule has 2 aliphatic heterocycles. The average Bonchev–Trinajstić information content (AvgIpc) is 3.09. The van der Waals surface area contributed by atoms with Gasteiger partial charge in [-0.05, 0) is 69.0 Å². The normalized spacial score (nSPS) is 21.3. The van der Waals surface area contributed by atoms with Gasteiger partial charge in [0.15, 0.2) is 0 Å². The summed E-state index contributed by atoms with van der Waals surface area (Å²) in [6.45, 7) is 5.82. The number of anilines is 2. The Morgan fingerprint density at radius 3 is 2.69 bits per heavy atom. The molecule has 0 saturated carbocycles. The van der Waals surface area contributed by atoms with Gasteiger partial charge in [-0.1, -0.05) is 6.07 Å². The van der Waals surface area contributed by atoms with Crippen molar-refractivity contribution < 1.29 is 18.0 Å². The number of aromatic nitrogens is 1. The third-order valence-electron chi connectivity index (χ3n) is 6.14.